The molecule has 3 heterocycles. The van der Waals surface area contributed by atoms with Crippen LogP contribution in [-0.4, -0.2) is 101 Å². The molecule has 3 aliphatic heterocycles. The van der Waals surface area contributed by atoms with Gasteiger partial charge in [-0.05, 0) is 12.1 Å². The van der Waals surface area contributed by atoms with E-state index < -0.39 is 10.0 Å². The van der Waals surface area contributed by atoms with E-state index in [0.717, 1.165) is 13.1 Å². The van der Waals surface area contributed by atoms with Crippen LogP contribution < -0.4 is 9.47 Å². The van der Waals surface area contributed by atoms with Crippen molar-refractivity contribution in [2.24, 2.45) is 0 Å². The normalized spacial score (nSPS) is 21.5. The molecule has 1 aromatic carbocycles. The number of nitrogens with zero attached hydrogens (tertiary/aromatic N) is 3. The lowest BCUT2D eigenvalue weighted by atomic mass is 10.3. The lowest BCUT2D eigenvalue weighted by molar-refractivity contribution is -0.134. The predicted molar refractivity (Wildman–Crippen MR) is 100 cm³/mol. The van der Waals surface area contributed by atoms with E-state index in [1.807, 2.05) is 0 Å². The summed E-state index contributed by atoms with van der Waals surface area (Å²) in [5.41, 5.74) is 0. The van der Waals surface area contributed by atoms with E-state index >= 15 is 0 Å². The summed E-state index contributed by atoms with van der Waals surface area (Å²) >= 11 is 0. The number of hydrogen-bond acceptors (Lipinski definition) is 7. The summed E-state index contributed by atoms with van der Waals surface area (Å²) in [6.07, 6.45) is 0. The standard InChI is InChI=1S/C18H25N3O6S/c22-18(14-19-7-9-25-10-8-19)20-3-5-21(6-4-20)28(23,24)15-1-2-16-17(13-15)27-12-11-26-16/h1-2,13H,3-12,14H2. The molecule has 0 aliphatic carbocycles. The molecule has 0 unspecified atom stereocenters. The quantitative estimate of drug-likeness (QED) is 0.668. The van der Waals surface area contributed by atoms with Crippen LogP contribution in [0, 0.1) is 0 Å². The molecule has 9 nitrogen and oxygen atoms in total. The SMILES string of the molecule is O=C(CN1CCOCC1)N1CCN(S(=O)(=O)c2ccc3c(c2)OCCO3)CC1. The van der Waals surface area contributed by atoms with Gasteiger partial charge in [0.15, 0.2) is 11.5 Å². The molecule has 1 amide bonds. The Morgan fingerprint density at radius 2 is 1.57 bits per heavy atom. The number of hydrogen-bond donors (Lipinski definition) is 0. The number of carbonyl (C=O) groups is 1. The van der Waals surface area contributed by atoms with E-state index in [0.29, 0.717) is 57.6 Å². The highest BCUT2D eigenvalue weighted by Gasteiger charge is 2.31. The molecular formula is C18H25N3O6S. The van der Waals surface area contributed by atoms with Crippen molar-refractivity contribution in [3.05, 3.63) is 18.2 Å². The Balaban J connectivity index is 1.36. The zero-order chi connectivity index (χ0) is 19.6. The van der Waals surface area contributed by atoms with Gasteiger partial charge in [0.2, 0.25) is 15.9 Å². The fourth-order valence-corrected chi connectivity index (χ4v) is 5.00. The van der Waals surface area contributed by atoms with Gasteiger partial charge in [-0.2, -0.15) is 4.31 Å². The molecule has 2 saturated heterocycles. The van der Waals surface area contributed by atoms with E-state index in [4.69, 9.17) is 14.2 Å². The van der Waals surface area contributed by atoms with Gasteiger partial charge >= 0.3 is 0 Å². The maximum absolute atomic E-state index is 13.0. The summed E-state index contributed by atoms with van der Waals surface area (Å²) in [6.45, 7) is 5.38. The van der Waals surface area contributed by atoms with E-state index in [2.05, 4.69) is 4.90 Å². The first-order valence-corrected chi connectivity index (χ1v) is 11.0. The van der Waals surface area contributed by atoms with Crippen molar-refractivity contribution in [1.82, 2.24) is 14.1 Å². The predicted octanol–water partition coefficient (Wildman–Crippen LogP) is -0.377. The fraction of sp³-hybridized carbons (Fsp3) is 0.611. The molecule has 0 atom stereocenters. The molecule has 0 saturated carbocycles. The molecule has 0 spiro atoms. The summed E-state index contributed by atoms with van der Waals surface area (Å²) in [5.74, 6) is 1.05. The molecule has 2 fully saturated rings. The van der Waals surface area contributed by atoms with Crippen molar-refractivity contribution < 1.29 is 27.4 Å². The average Bonchev–Trinajstić information content (AvgIpc) is 2.74. The second kappa shape index (κ2) is 8.24. The summed E-state index contributed by atoms with van der Waals surface area (Å²) in [5, 5.41) is 0. The van der Waals surface area contributed by atoms with Gasteiger partial charge in [-0.3, -0.25) is 9.69 Å². The van der Waals surface area contributed by atoms with Crippen molar-refractivity contribution in [2.75, 3.05) is 72.2 Å². The molecule has 10 heteroatoms. The number of rotatable bonds is 4. The lowest BCUT2D eigenvalue weighted by Gasteiger charge is -2.35. The topological polar surface area (TPSA) is 88.6 Å². The Kier molecular flexibility index (Phi) is 5.72. The monoisotopic (exact) mass is 411 g/mol. The van der Waals surface area contributed by atoms with Gasteiger partial charge < -0.3 is 19.1 Å². The number of sulfonamides is 1. The second-order valence-electron chi connectivity index (χ2n) is 6.98. The molecule has 1 aromatic rings. The Morgan fingerprint density at radius 3 is 2.29 bits per heavy atom. The van der Waals surface area contributed by atoms with Crippen molar-refractivity contribution in [1.29, 1.82) is 0 Å². The van der Waals surface area contributed by atoms with Crippen LogP contribution in [0.4, 0.5) is 0 Å². The van der Waals surface area contributed by atoms with Gasteiger partial charge in [0.25, 0.3) is 0 Å². The van der Waals surface area contributed by atoms with Crippen molar-refractivity contribution >= 4 is 15.9 Å². The highest BCUT2D eigenvalue weighted by Crippen LogP contribution is 2.33. The van der Waals surface area contributed by atoms with E-state index in [-0.39, 0.29) is 23.9 Å². The van der Waals surface area contributed by atoms with Crippen LogP contribution in [-0.2, 0) is 19.6 Å². The maximum Gasteiger partial charge on any atom is 0.243 e. The first kappa shape index (κ1) is 19.4. The Bertz CT molecular complexity index is 817. The molecule has 0 bridgehead atoms. The van der Waals surface area contributed by atoms with Crippen LogP contribution in [0.5, 0.6) is 11.5 Å². The molecule has 0 N–H and O–H groups in total. The van der Waals surface area contributed by atoms with Gasteiger partial charge in [-0.15, -0.1) is 0 Å². The third-order valence-corrected chi connectivity index (χ3v) is 7.10. The van der Waals surface area contributed by atoms with E-state index in [1.165, 1.54) is 10.4 Å². The third-order valence-electron chi connectivity index (χ3n) is 5.21. The number of carbonyl (C=O) groups excluding carboxylic acids is 1. The summed E-state index contributed by atoms with van der Waals surface area (Å²) < 4.78 is 43.6. The van der Waals surface area contributed by atoms with Gasteiger partial charge in [-0.1, -0.05) is 0 Å². The van der Waals surface area contributed by atoms with Crippen LogP contribution in [0.1, 0.15) is 0 Å². The molecule has 154 valence electrons. The van der Waals surface area contributed by atoms with E-state index in [1.54, 1.807) is 17.0 Å². The number of piperazine rings is 1. The minimum atomic E-state index is -3.64. The summed E-state index contributed by atoms with van der Waals surface area (Å²) in [7, 11) is -3.64. The Labute approximate surface area is 164 Å². The van der Waals surface area contributed by atoms with Gasteiger partial charge in [0.1, 0.15) is 13.2 Å². The van der Waals surface area contributed by atoms with Crippen LogP contribution in [0.25, 0.3) is 0 Å². The van der Waals surface area contributed by atoms with Crippen molar-refractivity contribution in [2.45, 2.75) is 4.90 Å². The smallest absolute Gasteiger partial charge is 0.243 e. The average molecular weight is 411 g/mol. The van der Waals surface area contributed by atoms with Crippen LogP contribution in [0.2, 0.25) is 0 Å². The first-order chi connectivity index (χ1) is 13.5. The van der Waals surface area contributed by atoms with E-state index in [9.17, 15) is 13.2 Å². The fourth-order valence-electron chi connectivity index (χ4n) is 3.56. The minimum absolute atomic E-state index is 0.0401. The Hall–Kier alpha value is -1.88. The summed E-state index contributed by atoms with van der Waals surface area (Å²) in [6, 6.07) is 4.68. The third kappa shape index (κ3) is 4.09. The van der Waals surface area contributed by atoms with Crippen molar-refractivity contribution in [3.63, 3.8) is 0 Å². The van der Waals surface area contributed by atoms with Crippen molar-refractivity contribution in [3.8, 4) is 11.5 Å². The molecule has 4 rings (SSSR count). The zero-order valence-corrected chi connectivity index (χ0v) is 16.5. The highest BCUT2D eigenvalue weighted by molar-refractivity contribution is 7.89. The number of amides is 1. The highest BCUT2D eigenvalue weighted by atomic mass is 32.2. The van der Waals surface area contributed by atoms with Gasteiger partial charge in [0.05, 0.1) is 24.7 Å². The van der Waals surface area contributed by atoms with Crippen LogP contribution >= 0.6 is 0 Å². The molecule has 0 aromatic heterocycles. The summed E-state index contributed by atoms with van der Waals surface area (Å²) in [4.78, 5) is 16.5. The van der Waals surface area contributed by atoms with Crippen LogP contribution in [0.3, 0.4) is 0 Å². The van der Waals surface area contributed by atoms with Gasteiger partial charge in [0, 0.05) is 45.3 Å². The second-order valence-corrected chi connectivity index (χ2v) is 8.92. The molecule has 28 heavy (non-hydrogen) atoms. The largest absolute Gasteiger partial charge is 0.486 e. The number of morpholine rings is 1. The maximum atomic E-state index is 13.0. The minimum Gasteiger partial charge on any atom is -0.486 e. The number of benzene rings is 1. The zero-order valence-electron chi connectivity index (χ0n) is 15.7. The molecule has 0 radical (unpaired) electrons. The first-order valence-electron chi connectivity index (χ1n) is 9.52. The number of fused-ring (bicyclic) bond motifs is 1. The Morgan fingerprint density at radius 1 is 0.893 bits per heavy atom. The lowest BCUT2D eigenvalue weighted by Crippen LogP contribution is -2.53. The number of ether oxygens (including phenoxy) is 3. The molecule has 3 aliphatic rings. The van der Waals surface area contributed by atoms with Crippen LogP contribution in [0.15, 0.2) is 23.1 Å². The molecular weight excluding hydrogens is 386 g/mol. The van der Waals surface area contributed by atoms with Gasteiger partial charge in [-0.25, -0.2) is 8.42 Å².